The summed E-state index contributed by atoms with van der Waals surface area (Å²) < 4.78 is 27.3. The van der Waals surface area contributed by atoms with Gasteiger partial charge in [0.05, 0.1) is 4.90 Å². The first-order valence-electron chi connectivity index (χ1n) is 9.04. The van der Waals surface area contributed by atoms with Crippen molar-refractivity contribution in [1.29, 1.82) is 0 Å². The van der Waals surface area contributed by atoms with Crippen LogP contribution in [0.15, 0.2) is 29.2 Å². The van der Waals surface area contributed by atoms with Crippen LogP contribution in [-0.4, -0.2) is 55.8 Å². The Balaban J connectivity index is 1.74. The minimum atomic E-state index is -3.49. The van der Waals surface area contributed by atoms with E-state index in [4.69, 9.17) is 5.73 Å². The van der Waals surface area contributed by atoms with Gasteiger partial charge in [-0.15, -0.1) is 0 Å². The molecule has 1 amide bonds. The molecule has 0 bridgehead atoms. The molecule has 2 N–H and O–H groups in total. The fourth-order valence-electron chi connectivity index (χ4n) is 3.73. The van der Waals surface area contributed by atoms with Gasteiger partial charge < -0.3 is 10.6 Å². The van der Waals surface area contributed by atoms with Gasteiger partial charge in [0, 0.05) is 31.2 Å². The van der Waals surface area contributed by atoms with Gasteiger partial charge in [-0.1, -0.05) is 6.42 Å². The lowest BCUT2D eigenvalue weighted by Gasteiger charge is -2.32. The summed E-state index contributed by atoms with van der Waals surface area (Å²) in [5, 5.41) is 0. The van der Waals surface area contributed by atoms with Crippen LogP contribution < -0.4 is 5.73 Å². The first-order valence-corrected chi connectivity index (χ1v) is 10.5. The van der Waals surface area contributed by atoms with Crippen molar-refractivity contribution in [3.05, 3.63) is 29.8 Å². The molecule has 2 unspecified atom stereocenters. The van der Waals surface area contributed by atoms with Gasteiger partial charge in [0.25, 0.3) is 5.91 Å². The third-order valence-corrected chi connectivity index (χ3v) is 7.38. The summed E-state index contributed by atoms with van der Waals surface area (Å²) in [4.78, 5) is 14.6. The van der Waals surface area contributed by atoms with Gasteiger partial charge in [0.2, 0.25) is 10.0 Å². The Morgan fingerprint density at radius 2 is 1.88 bits per heavy atom. The smallest absolute Gasteiger partial charge is 0.253 e. The summed E-state index contributed by atoms with van der Waals surface area (Å²) in [7, 11) is -3.49. The fraction of sp³-hybridized carbons (Fsp3) is 0.611. The second kappa shape index (κ2) is 7.43. The highest BCUT2D eigenvalue weighted by atomic mass is 32.2. The SMILES string of the molecule is CC1CCCCN1S(=O)(=O)c1ccc(C(=O)N2CCC(CN)C2)cc1. The summed E-state index contributed by atoms with van der Waals surface area (Å²) >= 11 is 0. The number of nitrogens with zero attached hydrogens (tertiary/aromatic N) is 2. The Labute approximate surface area is 150 Å². The van der Waals surface area contributed by atoms with Crippen molar-refractivity contribution in [3.8, 4) is 0 Å². The van der Waals surface area contributed by atoms with E-state index in [2.05, 4.69) is 0 Å². The topological polar surface area (TPSA) is 83.7 Å². The highest BCUT2D eigenvalue weighted by Crippen LogP contribution is 2.26. The maximum absolute atomic E-state index is 12.8. The van der Waals surface area contributed by atoms with E-state index < -0.39 is 10.0 Å². The van der Waals surface area contributed by atoms with Gasteiger partial charge in [-0.3, -0.25) is 4.79 Å². The van der Waals surface area contributed by atoms with Crippen molar-refractivity contribution in [2.24, 2.45) is 11.7 Å². The van der Waals surface area contributed by atoms with E-state index >= 15 is 0 Å². The average Bonchev–Trinajstić information content (AvgIpc) is 3.10. The molecule has 138 valence electrons. The average molecular weight is 365 g/mol. The maximum Gasteiger partial charge on any atom is 0.253 e. The molecule has 0 aromatic heterocycles. The van der Waals surface area contributed by atoms with Crippen molar-refractivity contribution in [1.82, 2.24) is 9.21 Å². The summed E-state index contributed by atoms with van der Waals surface area (Å²) in [6.45, 7) is 4.51. The summed E-state index contributed by atoms with van der Waals surface area (Å²) in [6.07, 6.45) is 3.80. The highest BCUT2D eigenvalue weighted by Gasteiger charge is 2.31. The first-order chi connectivity index (χ1) is 11.9. The summed E-state index contributed by atoms with van der Waals surface area (Å²) in [5.41, 5.74) is 6.21. The summed E-state index contributed by atoms with van der Waals surface area (Å²) in [6, 6.07) is 6.39. The zero-order chi connectivity index (χ0) is 18.0. The monoisotopic (exact) mass is 365 g/mol. The van der Waals surface area contributed by atoms with Crippen LogP contribution in [-0.2, 0) is 10.0 Å². The Kier molecular flexibility index (Phi) is 5.46. The predicted octanol–water partition coefficient (Wildman–Crippen LogP) is 1.67. The molecule has 25 heavy (non-hydrogen) atoms. The van der Waals surface area contributed by atoms with E-state index in [9.17, 15) is 13.2 Å². The van der Waals surface area contributed by atoms with Crippen molar-refractivity contribution in [2.75, 3.05) is 26.2 Å². The van der Waals surface area contributed by atoms with E-state index in [1.165, 1.54) is 0 Å². The number of hydrogen-bond acceptors (Lipinski definition) is 4. The lowest BCUT2D eigenvalue weighted by atomic mass is 10.1. The van der Waals surface area contributed by atoms with Crippen LogP contribution in [0.4, 0.5) is 0 Å². The zero-order valence-electron chi connectivity index (χ0n) is 14.7. The van der Waals surface area contributed by atoms with Crippen LogP contribution in [0.25, 0.3) is 0 Å². The number of amides is 1. The molecule has 2 saturated heterocycles. The van der Waals surface area contributed by atoms with Gasteiger partial charge in [0.15, 0.2) is 0 Å². The second-order valence-electron chi connectivity index (χ2n) is 7.13. The molecule has 7 heteroatoms. The van der Waals surface area contributed by atoms with Crippen LogP contribution in [0, 0.1) is 5.92 Å². The normalized spacial score (nSPS) is 25.3. The van der Waals surface area contributed by atoms with Gasteiger partial charge in [-0.2, -0.15) is 4.31 Å². The number of rotatable bonds is 4. The number of piperidine rings is 1. The molecule has 6 nitrogen and oxygen atoms in total. The molecule has 3 rings (SSSR count). The van der Waals surface area contributed by atoms with Crippen LogP contribution in [0.1, 0.15) is 43.0 Å². The van der Waals surface area contributed by atoms with Gasteiger partial charge >= 0.3 is 0 Å². The molecular weight excluding hydrogens is 338 g/mol. The molecule has 2 atom stereocenters. The summed E-state index contributed by atoms with van der Waals surface area (Å²) in [5.74, 6) is 0.315. The number of benzene rings is 1. The quantitative estimate of drug-likeness (QED) is 0.880. The molecule has 2 aliphatic rings. The number of sulfonamides is 1. The lowest BCUT2D eigenvalue weighted by Crippen LogP contribution is -2.41. The van der Waals surface area contributed by atoms with Crippen molar-refractivity contribution in [3.63, 3.8) is 0 Å². The predicted molar refractivity (Wildman–Crippen MR) is 96.7 cm³/mol. The molecule has 0 radical (unpaired) electrons. The number of likely N-dealkylation sites (tertiary alicyclic amines) is 1. The number of hydrogen-bond donors (Lipinski definition) is 1. The fourth-order valence-corrected chi connectivity index (χ4v) is 5.43. The second-order valence-corrected chi connectivity index (χ2v) is 9.02. The van der Waals surface area contributed by atoms with E-state index in [0.717, 1.165) is 25.7 Å². The van der Waals surface area contributed by atoms with Gasteiger partial charge in [-0.25, -0.2) is 8.42 Å². The van der Waals surface area contributed by atoms with Crippen LogP contribution in [0.2, 0.25) is 0 Å². The Bertz CT molecular complexity index is 718. The number of carbonyl (C=O) groups excluding carboxylic acids is 1. The third kappa shape index (κ3) is 3.73. The van der Waals surface area contributed by atoms with Crippen LogP contribution in [0.5, 0.6) is 0 Å². The first kappa shape index (κ1) is 18.4. The molecule has 2 fully saturated rings. The Hall–Kier alpha value is -1.44. The number of nitrogens with two attached hydrogens (primary N) is 1. The van der Waals surface area contributed by atoms with Gasteiger partial charge in [-0.05, 0) is 62.9 Å². The Morgan fingerprint density at radius 3 is 2.48 bits per heavy atom. The molecule has 1 aromatic carbocycles. The Morgan fingerprint density at radius 1 is 1.16 bits per heavy atom. The van der Waals surface area contributed by atoms with Crippen molar-refractivity contribution < 1.29 is 13.2 Å². The molecule has 0 saturated carbocycles. The van der Waals surface area contributed by atoms with Crippen LogP contribution >= 0.6 is 0 Å². The molecule has 2 heterocycles. The lowest BCUT2D eigenvalue weighted by molar-refractivity contribution is 0.0787. The van der Waals surface area contributed by atoms with Crippen molar-refractivity contribution >= 4 is 15.9 Å². The molecule has 0 spiro atoms. The minimum Gasteiger partial charge on any atom is -0.338 e. The number of carbonyl (C=O) groups is 1. The van der Waals surface area contributed by atoms with Crippen LogP contribution in [0.3, 0.4) is 0 Å². The van der Waals surface area contributed by atoms with Gasteiger partial charge in [0.1, 0.15) is 0 Å². The largest absolute Gasteiger partial charge is 0.338 e. The van der Waals surface area contributed by atoms with E-state index in [0.29, 0.717) is 37.7 Å². The zero-order valence-corrected chi connectivity index (χ0v) is 15.5. The van der Waals surface area contributed by atoms with E-state index in [1.54, 1.807) is 33.5 Å². The van der Waals surface area contributed by atoms with E-state index in [1.807, 2.05) is 6.92 Å². The molecular formula is C18H27N3O3S. The molecule has 1 aromatic rings. The third-order valence-electron chi connectivity index (χ3n) is 5.36. The highest BCUT2D eigenvalue weighted by molar-refractivity contribution is 7.89. The standard InChI is InChI=1S/C18H27N3O3S/c1-14-4-2-3-10-21(14)25(23,24)17-7-5-16(6-8-17)18(22)20-11-9-15(12-19)13-20/h5-8,14-15H,2-4,9-13,19H2,1H3. The maximum atomic E-state index is 12.8. The van der Waals surface area contributed by atoms with E-state index in [-0.39, 0.29) is 16.8 Å². The molecule has 0 aliphatic carbocycles. The minimum absolute atomic E-state index is 0.0258. The van der Waals surface area contributed by atoms with Crippen molar-refractivity contribution in [2.45, 2.75) is 43.5 Å². The molecule has 2 aliphatic heterocycles.